The quantitative estimate of drug-likeness (QED) is 0.795. The molecule has 0 amide bonds. The average Bonchev–Trinajstić information content (AvgIpc) is 2.71. The van der Waals surface area contributed by atoms with E-state index in [0.717, 1.165) is 0 Å². The first kappa shape index (κ1) is 12.4. The first-order chi connectivity index (χ1) is 8.52. The number of hydrogen-bond acceptors (Lipinski definition) is 4. The molecule has 7 nitrogen and oxygen atoms in total. The van der Waals surface area contributed by atoms with Crippen LogP contribution in [0.4, 0.5) is 0 Å². The molecule has 2 N–H and O–H groups in total. The number of benzene rings is 1. The second-order valence-corrected chi connectivity index (χ2v) is 4.33. The number of carboxylic acid groups (broad SMARTS) is 1. The normalized spacial score (nSPS) is 12.3. The number of aromatic carboxylic acids is 1. The fraction of sp³-hybridized carbons (Fsp3) is 0.100. The summed E-state index contributed by atoms with van der Waals surface area (Å²) in [5.74, 6) is -0.870. The van der Waals surface area contributed by atoms with E-state index in [1.807, 2.05) is 0 Å². The lowest BCUT2D eigenvalue weighted by Gasteiger charge is -2.05. The van der Waals surface area contributed by atoms with Crippen molar-refractivity contribution < 1.29 is 18.7 Å². The summed E-state index contributed by atoms with van der Waals surface area (Å²) in [5, 5.41) is 16.2. The Morgan fingerprint density at radius 3 is 2.56 bits per heavy atom. The zero-order chi connectivity index (χ0) is 13.3. The maximum Gasteiger partial charge on any atom is 0.336 e. The van der Waals surface area contributed by atoms with Crippen molar-refractivity contribution in [2.24, 2.45) is 7.05 Å². The largest absolute Gasteiger partial charge is 0.478 e. The number of hydrogen-bond donors (Lipinski definition) is 2. The molecule has 0 aliphatic heterocycles. The van der Waals surface area contributed by atoms with Gasteiger partial charge < -0.3 is 9.67 Å². The van der Waals surface area contributed by atoms with E-state index in [4.69, 9.17) is 9.66 Å². The van der Waals surface area contributed by atoms with Gasteiger partial charge >= 0.3 is 5.97 Å². The van der Waals surface area contributed by atoms with Gasteiger partial charge in [0.25, 0.3) is 0 Å². The van der Waals surface area contributed by atoms with E-state index in [9.17, 15) is 9.00 Å². The molecule has 1 unspecified atom stereocenters. The highest BCUT2D eigenvalue weighted by atomic mass is 32.2. The van der Waals surface area contributed by atoms with Crippen LogP contribution in [0.15, 0.2) is 29.4 Å². The summed E-state index contributed by atoms with van der Waals surface area (Å²) in [4.78, 5) is 11.1. The van der Waals surface area contributed by atoms with Crippen LogP contribution in [-0.2, 0) is 18.1 Å². The van der Waals surface area contributed by atoms with Gasteiger partial charge in [0.2, 0.25) is 16.2 Å². The molecular weight excluding hydrogens is 258 g/mol. The van der Waals surface area contributed by atoms with Crippen LogP contribution in [-0.4, -0.2) is 34.6 Å². The van der Waals surface area contributed by atoms with Gasteiger partial charge in [0, 0.05) is 12.6 Å². The molecule has 2 aromatic rings. The predicted molar refractivity (Wildman–Crippen MR) is 62.4 cm³/mol. The highest BCUT2D eigenvalue weighted by molar-refractivity contribution is 7.79. The number of carbonyl (C=O) groups is 1. The van der Waals surface area contributed by atoms with E-state index in [1.54, 1.807) is 18.2 Å². The molecule has 0 spiro atoms. The van der Waals surface area contributed by atoms with E-state index < -0.39 is 17.0 Å². The third kappa shape index (κ3) is 2.03. The smallest absolute Gasteiger partial charge is 0.336 e. The Morgan fingerprint density at radius 1 is 1.33 bits per heavy atom. The number of rotatable bonds is 3. The summed E-state index contributed by atoms with van der Waals surface area (Å²) >= 11 is -2.27. The minimum absolute atomic E-state index is 0.0586. The van der Waals surface area contributed by atoms with Gasteiger partial charge in [-0.15, -0.1) is 10.2 Å². The number of nitrogens with zero attached hydrogens (tertiary/aromatic N) is 3. The Bertz CT molecular complexity index is 638. The molecule has 0 radical (unpaired) electrons. The van der Waals surface area contributed by atoms with Crippen molar-refractivity contribution in [3.8, 4) is 11.4 Å². The molecule has 2 rings (SSSR count). The van der Waals surface area contributed by atoms with Gasteiger partial charge in [0.05, 0.1) is 5.56 Å². The minimum atomic E-state index is -2.27. The lowest BCUT2D eigenvalue weighted by atomic mass is 10.1. The zero-order valence-electron chi connectivity index (χ0n) is 9.27. The summed E-state index contributed by atoms with van der Waals surface area (Å²) in [7, 11) is 1.50. The van der Waals surface area contributed by atoms with E-state index in [-0.39, 0.29) is 16.5 Å². The van der Waals surface area contributed by atoms with Crippen molar-refractivity contribution in [3.63, 3.8) is 0 Å². The number of aromatic nitrogens is 3. The van der Waals surface area contributed by atoms with Gasteiger partial charge in [-0.25, -0.2) is 9.00 Å². The standard InChI is InChI=1S/C10H9N3O4S/c1-13-8(11-12-10(13)18(16)17)6-4-2-3-5-7(6)9(14)15/h2-5H,1H3,(H,14,15)(H,16,17). The minimum Gasteiger partial charge on any atom is -0.478 e. The van der Waals surface area contributed by atoms with Gasteiger partial charge in [0.1, 0.15) is 0 Å². The Hall–Kier alpha value is -2.06. The monoisotopic (exact) mass is 267 g/mol. The lowest BCUT2D eigenvalue weighted by molar-refractivity contribution is 0.0697. The van der Waals surface area contributed by atoms with E-state index in [1.165, 1.54) is 17.7 Å². The maximum absolute atomic E-state index is 11.1. The van der Waals surface area contributed by atoms with Gasteiger partial charge in [-0.3, -0.25) is 4.55 Å². The Kier molecular flexibility index (Phi) is 3.21. The predicted octanol–water partition coefficient (Wildman–Crippen LogP) is 0.761. The molecule has 0 bridgehead atoms. The van der Waals surface area contributed by atoms with Crippen molar-refractivity contribution >= 4 is 17.0 Å². The van der Waals surface area contributed by atoms with Crippen LogP contribution in [0.5, 0.6) is 0 Å². The van der Waals surface area contributed by atoms with E-state index in [0.29, 0.717) is 5.56 Å². The maximum atomic E-state index is 11.1. The van der Waals surface area contributed by atoms with Gasteiger partial charge in [-0.05, 0) is 6.07 Å². The van der Waals surface area contributed by atoms with Crippen molar-refractivity contribution in [2.45, 2.75) is 5.16 Å². The Labute approximate surface area is 104 Å². The third-order valence-electron chi connectivity index (χ3n) is 2.39. The summed E-state index contributed by atoms with van der Waals surface area (Å²) in [6.07, 6.45) is 0. The van der Waals surface area contributed by atoms with Crippen molar-refractivity contribution in [1.29, 1.82) is 0 Å². The van der Waals surface area contributed by atoms with Crippen LogP contribution in [0.25, 0.3) is 11.4 Å². The van der Waals surface area contributed by atoms with Crippen LogP contribution >= 0.6 is 0 Å². The SMILES string of the molecule is Cn1c(-c2ccccc2C(=O)O)nnc1S(=O)O. The molecule has 1 heterocycles. The molecule has 0 aliphatic carbocycles. The molecule has 0 saturated heterocycles. The van der Waals surface area contributed by atoms with Crippen molar-refractivity contribution in [2.75, 3.05) is 0 Å². The molecular formula is C10H9N3O4S. The molecule has 0 fully saturated rings. The highest BCUT2D eigenvalue weighted by Crippen LogP contribution is 2.22. The molecule has 94 valence electrons. The molecule has 0 saturated carbocycles. The summed E-state index contributed by atoms with van der Waals surface area (Å²) in [6.45, 7) is 0. The van der Waals surface area contributed by atoms with Gasteiger partial charge in [0.15, 0.2) is 5.82 Å². The van der Waals surface area contributed by atoms with Crippen molar-refractivity contribution in [3.05, 3.63) is 29.8 Å². The molecule has 0 aliphatic rings. The second-order valence-electron chi connectivity index (χ2n) is 3.47. The third-order valence-corrected chi connectivity index (χ3v) is 3.06. The molecule has 18 heavy (non-hydrogen) atoms. The highest BCUT2D eigenvalue weighted by Gasteiger charge is 2.19. The molecule has 8 heteroatoms. The van der Waals surface area contributed by atoms with Crippen LogP contribution in [0, 0.1) is 0 Å². The average molecular weight is 267 g/mol. The first-order valence-corrected chi connectivity index (χ1v) is 5.96. The Balaban J connectivity index is 2.63. The molecule has 1 aromatic heterocycles. The summed E-state index contributed by atoms with van der Waals surface area (Å²) in [5.41, 5.74) is 0.403. The summed E-state index contributed by atoms with van der Waals surface area (Å²) in [6, 6.07) is 6.25. The fourth-order valence-corrected chi connectivity index (χ4v) is 2.00. The molecule has 1 aromatic carbocycles. The van der Waals surface area contributed by atoms with Gasteiger partial charge in [-0.1, -0.05) is 18.2 Å². The van der Waals surface area contributed by atoms with E-state index >= 15 is 0 Å². The van der Waals surface area contributed by atoms with Crippen LogP contribution < -0.4 is 0 Å². The lowest BCUT2D eigenvalue weighted by Crippen LogP contribution is -2.04. The van der Waals surface area contributed by atoms with Gasteiger partial charge in [-0.2, -0.15) is 0 Å². The Morgan fingerprint density at radius 2 is 2.00 bits per heavy atom. The number of carboxylic acids is 1. The van der Waals surface area contributed by atoms with Crippen molar-refractivity contribution in [1.82, 2.24) is 14.8 Å². The second kappa shape index (κ2) is 4.67. The van der Waals surface area contributed by atoms with E-state index in [2.05, 4.69) is 10.2 Å². The van der Waals surface area contributed by atoms with Crippen LogP contribution in [0.2, 0.25) is 0 Å². The van der Waals surface area contributed by atoms with Crippen LogP contribution in [0.1, 0.15) is 10.4 Å². The summed E-state index contributed by atoms with van der Waals surface area (Å²) < 4.78 is 21.2. The molecule has 1 atom stereocenters. The first-order valence-electron chi connectivity index (χ1n) is 4.85. The zero-order valence-corrected chi connectivity index (χ0v) is 10.1. The van der Waals surface area contributed by atoms with Crippen LogP contribution in [0.3, 0.4) is 0 Å². The topological polar surface area (TPSA) is 105 Å². The fourth-order valence-electron chi connectivity index (χ4n) is 1.57.